The van der Waals surface area contributed by atoms with Gasteiger partial charge in [-0.05, 0) is 45.7 Å². The van der Waals surface area contributed by atoms with E-state index in [9.17, 15) is 0 Å². The largest absolute Gasteiger partial charge is 0.367 e. The second kappa shape index (κ2) is 4.11. The van der Waals surface area contributed by atoms with Gasteiger partial charge in [-0.2, -0.15) is 0 Å². The molecule has 2 nitrogen and oxygen atoms in total. The third-order valence-electron chi connectivity index (χ3n) is 3.62. The first-order valence-electron chi connectivity index (χ1n) is 6.29. The highest BCUT2D eigenvalue weighted by Gasteiger charge is 2.37. The molecular formula is C15H23NO. The Morgan fingerprint density at radius 3 is 2.47 bits per heavy atom. The summed E-state index contributed by atoms with van der Waals surface area (Å²) < 4.78 is 6.14. The molecule has 1 aromatic rings. The van der Waals surface area contributed by atoms with E-state index in [0.29, 0.717) is 0 Å². The minimum Gasteiger partial charge on any atom is -0.367 e. The summed E-state index contributed by atoms with van der Waals surface area (Å²) in [5, 5.41) is 3.57. The number of benzene rings is 1. The molecule has 1 unspecified atom stereocenters. The Balaban J connectivity index is 2.30. The van der Waals surface area contributed by atoms with E-state index in [4.69, 9.17) is 4.74 Å². The molecule has 94 valence electrons. The molecule has 0 aliphatic carbocycles. The molecule has 1 aliphatic heterocycles. The molecule has 1 saturated heterocycles. The fourth-order valence-electron chi connectivity index (χ4n) is 2.33. The van der Waals surface area contributed by atoms with E-state index in [1.807, 2.05) is 0 Å². The maximum atomic E-state index is 6.14. The van der Waals surface area contributed by atoms with E-state index in [1.54, 1.807) is 0 Å². The maximum absolute atomic E-state index is 6.14. The minimum absolute atomic E-state index is 0.0806. The zero-order valence-electron chi connectivity index (χ0n) is 11.6. The molecule has 0 aromatic heterocycles. The lowest BCUT2D eigenvalue weighted by atomic mass is 9.87. The number of rotatable bonds is 1. The van der Waals surface area contributed by atoms with Crippen LogP contribution in [-0.4, -0.2) is 18.7 Å². The number of nitrogens with one attached hydrogen (secondary N) is 1. The molecule has 0 saturated carbocycles. The zero-order valence-corrected chi connectivity index (χ0v) is 11.6. The summed E-state index contributed by atoms with van der Waals surface area (Å²) in [4.78, 5) is 0. The third kappa shape index (κ3) is 2.53. The maximum Gasteiger partial charge on any atom is 0.103 e. The highest BCUT2D eigenvalue weighted by Crippen LogP contribution is 2.32. The van der Waals surface area contributed by atoms with E-state index >= 15 is 0 Å². The van der Waals surface area contributed by atoms with Crippen LogP contribution in [0.5, 0.6) is 0 Å². The van der Waals surface area contributed by atoms with E-state index < -0.39 is 0 Å². The topological polar surface area (TPSA) is 21.3 Å². The number of ether oxygens (including phenoxy) is 1. The van der Waals surface area contributed by atoms with Crippen molar-refractivity contribution in [2.24, 2.45) is 0 Å². The summed E-state index contributed by atoms with van der Waals surface area (Å²) >= 11 is 0. The van der Waals surface area contributed by atoms with Crippen LogP contribution in [0.3, 0.4) is 0 Å². The van der Waals surface area contributed by atoms with Crippen molar-refractivity contribution in [3.63, 3.8) is 0 Å². The molecular weight excluding hydrogens is 210 g/mol. The second-order valence-corrected chi connectivity index (χ2v) is 6.08. The predicted octanol–water partition coefficient (Wildman–Crippen LogP) is 2.92. The van der Waals surface area contributed by atoms with Crippen LogP contribution in [0.1, 0.15) is 37.5 Å². The normalized spacial score (nSPS) is 28.1. The van der Waals surface area contributed by atoms with Gasteiger partial charge in [0.05, 0.1) is 6.61 Å². The third-order valence-corrected chi connectivity index (χ3v) is 3.62. The Bertz CT molecular complexity index is 413. The van der Waals surface area contributed by atoms with Crippen LogP contribution in [-0.2, 0) is 10.3 Å². The van der Waals surface area contributed by atoms with Gasteiger partial charge in [0.1, 0.15) is 5.60 Å². The first-order chi connectivity index (χ1) is 7.82. The summed E-state index contributed by atoms with van der Waals surface area (Å²) in [7, 11) is 0. The van der Waals surface area contributed by atoms with Crippen LogP contribution in [0.2, 0.25) is 0 Å². The first-order valence-corrected chi connectivity index (χ1v) is 6.29. The van der Waals surface area contributed by atoms with Gasteiger partial charge in [-0.3, -0.25) is 0 Å². The smallest absolute Gasteiger partial charge is 0.103 e. The molecule has 1 aromatic carbocycles. The Labute approximate surface area is 104 Å². The molecule has 0 amide bonds. The van der Waals surface area contributed by atoms with Gasteiger partial charge < -0.3 is 10.1 Å². The van der Waals surface area contributed by atoms with Crippen molar-refractivity contribution in [2.45, 2.75) is 45.8 Å². The Kier molecular flexibility index (Phi) is 3.04. The van der Waals surface area contributed by atoms with Crippen molar-refractivity contribution in [1.29, 1.82) is 0 Å². The fourth-order valence-corrected chi connectivity index (χ4v) is 2.33. The average molecular weight is 233 g/mol. The molecule has 1 aliphatic rings. The zero-order chi connectivity index (χ0) is 12.7. The summed E-state index contributed by atoms with van der Waals surface area (Å²) in [5.74, 6) is 0. The summed E-state index contributed by atoms with van der Waals surface area (Å²) in [6.45, 7) is 12.4. The molecule has 0 spiro atoms. The quantitative estimate of drug-likeness (QED) is 0.805. The van der Waals surface area contributed by atoms with Crippen molar-refractivity contribution < 1.29 is 4.74 Å². The van der Waals surface area contributed by atoms with E-state index in [1.165, 1.54) is 16.7 Å². The molecule has 1 heterocycles. The SMILES string of the molecule is Cc1ccc(C)c(C2(C)CNC(C)(C)CO2)c1. The van der Waals surface area contributed by atoms with Crippen molar-refractivity contribution in [3.05, 3.63) is 34.9 Å². The second-order valence-electron chi connectivity index (χ2n) is 6.08. The van der Waals surface area contributed by atoms with Gasteiger partial charge in [0.15, 0.2) is 0 Å². The lowest BCUT2D eigenvalue weighted by Gasteiger charge is -2.43. The van der Waals surface area contributed by atoms with Crippen molar-refractivity contribution in [2.75, 3.05) is 13.2 Å². The van der Waals surface area contributed by atoms with Gasteiger partial charge in [0.25, 0.3) is 0 Å². The van der Waals surface area contributed by atoms with Crippen molar-refractivity contribution in [1.82, 2.24) is 5.32 Å². The average Bonchev–Trinajstić information content (AvgIpc) is 2.26. The summed E-state index contributed by atoms with van der Waals surface area (Å²) in [6, 6.07) is 6.58. The van der Waals surface area contributed by atoms with Gasteiger partial charge in [-0.1, -0.05) is 23.8 Å². The van der Waals surface area contributed by atoms with Crippen LogP contribution in [0.4, 0.5) is 0 Å². The van der Waals surface area contributed by atoms with Gasteiger partial charge in [-0.15, -0.1) is 0 Å². The van der Waals surface area contributed by atoms with E-state index in [2.05, 4.69) is 58.1 Å². The monoisotopic (exact) mass is 233 g/mol. The molecule has 1 fully saturated rings. The van der Waals surface area contributed by atoms with Gasteiger partial charge in [0.2, 0.25) is 0 Å². The number of aryl methyl sites for hydroxylation is 2. The standard InChI is InChI=1S/C15H23NO/c1-11-6-7-12(2)13(8-11)15(5)9-16-14(3,4)10-17-15/h6-8,16H,9-10H2,1-5H3. The highest BCUT2D eigenvalue weighted by atomic mass is 16.5. The summed E-state index contributed by atoms with van der Waals surface area (Å²) in [5.41, 5.74) is 3.78. The molecule has 1 atom stereocenters. The van der Waals surface area contributed by atoms with Crippen molar-refractivity contribution >= 4 is 0 Å². The lowest BCUT2D eigenvalue weighted by molar-refractivity contribution is -0.0953. The van der Waals surface area contributed by atoms with Crippen LogP contribution >= 0.6 is 0 Å². The van der Waals surface area contributed by atoms with E-state index in [0.717, 1.165) is 13.2 Å². The van der Waals surface area contributed by atoms with Gasteiger partial charge in [-0.25, -0.2) is 0 Å². The van der Waals surface area contributed by atoms with Crippen LogP contribution in [0.15, 0.2) is 18.2 Å². The molecule has 1 N–H and O–H groups in total. The first kappa shape index (κ1) is 12.6. The Morgan fingerprint density at radius 1 is 1.18 bits per heavy atom. The van der Waals surface area contributed by atoms with E-state index in [-0.39, 0.29) is 11.1 Å². The van der Waals surface area contributed by atoms with Crippen LogP contribution in [0, 0.1) is 13.8 Å². The minimum atomic E-state index is -0.203. The number of hydrogen-bond donors (Lipinski definition) is 1. The predicted molar refractivity (Wildman–Crippen MR) is 71.3 cm³/mol. The molecule has 0 radical (unpaired) electrons. The molecule has 17 heavy (non-hydrogen) atoms. The highest BCUT2D eigenvalue weighted by molar-refractivity contribution is 5.35. The number of hydrogen-bond acceptors (Lipinski definition) is 2. The van der Waals surface area contributed by atoms with Crippen LogP contribution < -0.4 is 5.32 Å². The van der Waals surface area contributed by atoms with Crippen molar-refractivity contribution in [3.8, 4) is 0 Å². The summed E-state index contributed by atoms with van der Waals surface area (Å²) in [6.07, 6.45) is 0. The Hall–Kier alpha value is -0.860. The van der Waals surface area contributed by atoms with Gasteiger partial charge in [0, 0.05) is 12.1 Å². The molecule has 0 bridgehead atoms. The Morgan fingerprint density at radius 2 is 1.88 bits per heavy atom. The van der Waals surface area contributed by atoms with Crippen LogP contribution in [0.25, 0.3) is 0 Å². The van der Waals surface area contributed by atoms with Gasteiger partial charge >= 0.3 is 0 Å². The molecule has 2 heteroatoms. The lowest BCUT2D eigenvalue weighted by Crippen LogP contribution is -2.57. The number of morpholine rings is 1. The molecule has 2 rings (SSSR count). The fraction of sp³-hybridized carbons (Fsp3) is 0.600.